The normalized spacial score (nSPS) is 10.8. The lowest BCUT2D eigenvalue weighted by Gasteiger charge is -2.10. The van der Waals surface area contributed by atoms with Crippen molar-refractivity contribution in [1.82, 2.24) is 9.55 Å². The van der Waals surface area contributed by atoms with Crippen molar-refractivity contribution in [2.75, 3.05) is 0 Å². The fraction of sp³-hybridized carbons (Fsp3) is 0.429. The molecule has 0 aliphatic rings. The first kappa shape index (κ1) is 9.50. The summed E-state index contributed by atoms with van der Waals surface area (Å²) in [4.78, 5) is 23.4. The Kier molecular flexibility index (Phi) is 2.22. The Morgan fingerprint density at radius 1 is 1.46 bits per heavy atom. The van der Waals surface area contributed by atoms with Gasteiger partial charge in [0.25, 0.3) is 5.56 Å². The summed E-state index contributed by atoms with van der Waals surface area (Å²) in [6, 6.07) is -0.418. The summed E-state index contributed by atoms with van der Waals surface area (Å²) in [5.41, 5.74) is -2.03. The van der Waals surface area contributed by atoms with Crippen molar-refractivity contribution in [3.63, 3.8) is 0 Å². The first-order valence-electron chi connectivity index (χ1n) is 3.68. The van der Waals surface area contributed by atoms with Crippen LogP contribution in [0.2, 0.25) is 0 Å². The molecule has 0 atom stereocenters. The number of rotatable bonds is 1. The smallest absolute Gasteiger partial charge is 0.331 e. The number of H-pyrrole nitrogens is 1. The van der Waals surface area contributed by atoms with Gasteiger partial charge in [0.15, 0.2) is 0 Å². The minimum atomic E-state index is -1.34. The summed E-state index contributed by atoms with van der Waals surface area (Å²) in [5, 5.41) is 9.10. The molecule has 0 radical (unpaired) electrons. The Bertz CT molecular complexity index is 432. The Balaban J connectivity index is 3.63. The quantitative estimate of drug-likeness (QED) is 0.649. The first-order valence-corrected chi connectivity index (χ1v) is 3.68. The second kappa shape index (κ2) is 3.04. The van der Waals surface area contributed by atoms with Crippen LogP contribution in [-0.2, 0) is 0 Å². The molecule has 1 heterocycles. The van der Waals surface area contributed by atoms with Crippen LogP contribution in [0.25, 0.3) is 0 Å². The van der Waals surface area contributed by atoms with Gasteiger partial charge in [0.2, 0.25) is 11.7 Å². The van der Waals surface area contributed by atoms with Crippen LogP contribution in [0.15, 0.2) is 9.59 Å². The van der Waals surface area contributed by atoms with Crippen molar-refractivity contribution in [2.45, 2.75) is 19.9 Å². The van der Waals surface area contributed by atoms with E-state index >= 15 is 0 Å². The van der Waals surface area contributed by atoms with E-state index in [1.807, 2.05) is 0 Å². The first-order chi connectivity index (χ1) is 5.95. The van der Waals surface area contributed by atoms with Crippen molar-refractivity contribution in [3.8, 4) is 5.88 Å². The zero-order valence-electron chi connectivity index (χ0n) is 7.17. The van der Waals surface area contributed by atoms with E-state index in [1.54, 1.807) is 18.8 Å². The number of nitrogens with one attached hydrogen (secondary N) is 1. The molecule has 0 amide bonds. The molecule has 0 aliphatic carbocycles. The third-order valence-electron chi connectivity index (χ3n) is 1.58. The van der Waals surface area contributed by atoms with Crippen molar-refractivity contribution in [2.24, 2.45) is 0 Å². The van der Waals surface area contributed by atoms with Crippen LogP contribution in [0.3, 0.4) is 0 Å². The van der Waals surface area contributed by atoms with E-state index in [-0.39, 0.29) is 0 Å². The van der Waals surface area contributed by atoms with Crippen LogP contribution < -0.4 is 11.2 Å². The summed E-state index contributed by atoms with van der Waals surface area (Å²) in [6.07, 6.45) is 0. The van der Waals surface area contributed by atoms with Crippen molar-refractivity contribution in [1.29, 1.82) is 0 Å². The number of hydrogen-bond donors (Lipinski definition) is 2. The molecule has 0 bridgehead atoms. The minimum absolute atomic E-state index is 0.418. The van der Waals surface area contributed by atoms with E-state index in [0.717, 1.165) is 4.57 Å². The van der Waals surface area contributed by atoms with E-state index in [2.05, 4.69) is 0 Å². The average Bonchev–Trinajstić information content (AvgIpc) is 1.99. The molecule has 72 valence electrons. The van der Waals surface area contributed by atoms with Gasteiger partial charge in [0.05, 0.1) is 0 Å². The van der Waals surface area contributed by atoms with Crippen molar-refractivity contribution >= 4 is 0 Å². The van der Waals surface area contributed by atoms with Gasteiger partial charge in [-0.1, -0.05) is 0 Å². The summed E-state index contributed by atoms with van der Waals surface area (Å²) in [5.74, 6) is -2.27. The third kappa shape index (κ3) is 1.47. The second-order valence-electron chi connectivity index (χ2n) is 2.86. The van der Waals surface area contributed by atoms with Crippen molar-refractivity contribution < 1.29 is 9.50 Å². The van der Waals surface area contributed by atoms with Crippen molar-refractivity contribution in [3.05, 3.63) is 26.7 Å². The minimum Gasteiger partial charge on any atom is -0.492 e. The highest BCUT2D eigenvalue weighted by Crippen LogP contribution is 2.12. The Morgan fingerprint density at radius 3 is 2.46 bits per heavy atom. The van der Waals surface area contributed by atoms with Crippen LogP contribution in [0.1, 0.15) is 19.9 Å². The molecule has 0 aromatic carbocycles. The lowest BCUT2D eigenvalue weighted by Crippen LogP contribution is -2.32. The van der Waals surface area contributed by atoms with Gasteiger partial charge in [-0.2, -0.15) is 4.39 Å². The summed E-state index contributed by atoms with van der Waals surface area (Å²) < 4.78 is 13.5. The van der Waals surface area contributed by atoms with Crippen LogP contribution in [0.5, 0.6) is 5.88 Å². The topological polar surface area (TPSA) is 75.1 Å². The molecular weight excluding hydrogens is 179 g/mol. The molecule has 1 aromatic heterocycles. The van der Waals surface area contributed by atoms with E-state index < -0.39 is 29.0 Å². The molecule has 2 N–H and O–H groups in total. The highest BCUT2D eigenvalue weighted by Gasteiger charge is 2.14. The number of aromatic hydroxyl groups is 1. The lowest BCUT2D eigenvalue weighted by molar-refractivity contribution is 0.345. The van der Waals surface area contributed by atoms with E-state index in [9.17, 15) is 14.0 Å². The maximum atomic E-state index is 12.8. The largest absolute Gasteiger partial charge is 0.492 e. The maximum Gasteiger partial charge on any atom is 0.331 e. The molecule has 0 spiro atoms. The fourth-order valence-corrected chi connectivity index (χ4v) is 0.995. The maximum absolute atomic E-state index is 12.8. The molecule has 0 saturated carbocycles. The number of aromatic nitrogens is 2. The highest BCUT2D eigenvalue weighted by atomic mass is 19.1. The monoisotopic (exact) mass is 188 g/mol. The van der Waals surface area contributed by atoms with Gasteiger partial charge in [0.1, 0.15) is 0 Å². The van der Waals surface area contributed by atoms with Crippen LogP contribution in [0.4, 0.5) is 4.39 Å². The van der Waals surface area contributed by atoms with Gasteiger partial charge in [-0.15, -0.1) is 0 Å². The van der Waals surface area contributed by atoms with E-state index in [0.29, 0.717) is 0 Å². The Hall–Kier alpha value is -1.59. The van der Waals surface area contributed by atoms with Gasteiger partial charge < -0.3 is 5.11 Å². The molecular formula is C7H9FN2O3. The molecule has 0 fully saturated rings. The second-order valence-corrected chi connectivity index (χ2v) is 2.86. The summed E-state index contributed by atoms with van der Waals surface area (Å²) in [7, 11) is 0. The zero-order chi connectivity index (χ0) is 10.2. The van der Waals surface area contributed by atoms with Gasteiger partial charge in [-0.25, -0.2) is 4.79 Å². The van der Waals surface area contributed by atoms with Gasteiger partial charge in [-0.3, -0.25) is 14.3 Å². The molecule has 1 aromatic rings. The van der Waals surface area contributed by atoms with E-state index in [4.69, 9.17) is 5.11 Å². The lowest BCUT2D eigenvalue weighted by atomic mass is 10.4. The van der Waals surface area contributed by atoms with Gasteiger partial charge >= 0.3 is 5.69 Å². The zero-order valence-corrected chi connectivity index (χ0v) is 7.17. The standard InChI is InChI=1S/C7H9FN2O3/c1-3(2)10-6(12)4(8)5(11)9-7(10)13/h3,12H,1-2H3,(H,9,11,13). The number of halogens is 1. The molecule has 0 saturated heterocycles. The predicted octanol–water partition coefficient (Wildman–Crippen LogP) is -0.0378. The SMILES string of the molecule is CC(C)n1c(O)c(F)c(=O)[nH]c1=O. The Labute approximate surface area is 72.5 Å². The molecule has 0 aliphatic heterocycles. The number of nitrogens with zero attached hydrogens (tertiary/aromatic N) is 1. The van der Waals surface area contributed by atoms with E-state index in [1.165, 1.54) is 0 Å². The molecule has 13 heavy (non-hydrogen) atoms. The highest BCUT2D eigenvalue weighted by molar-refractivity contribution is 5.10. The van der Waals surface area contributed by atoms with Crippen LogP contribution >= 0.6 is 0 Å². The van der Waals surface area contributed by atoms with Gasteiger partial charge in [-0.05, 0) is 13.8 Å². The molecule has 0 unspecified atom stereocenters. The molecule has 1 rings (SSSR count). The third-order valence-corrected chi connectivity index (χ3v) is 1.58. The number of aromatic amines is 1. The Morgan fingerprint density at radius 2 is 2.00 bits per heavy atom. The molecule has 5 nitrogen and oxygen atoms in total. The van der Waals surface area contributed by atoms with Crippen LogP contribution in [-0.4, -0.2) is 14.7 Å². The summed E-state index contributed by atoms with van der Waals surface area (Å²) >= 11 is 0. The predicted molar refractivity (Wildman–Crippen MR) is 43.3 cm³/mol. The fourth-order valence-electron chi connectivity index (χ4n) is 0.995. The molecule has 6 heteroatoms. The average molecular weight is 188 g/mol. The number of hydrogen-bond acceptors (Lipinski definition) is 3. The summed E-state index contributed by atoms with van der Waals surface area (Å²) in [6.45, 7) is 3.16. The van der Waals surface area contributed by atoms with Crippen LogP contribution in [0, 0.1) is 5.82 Å². The van der Waals surface area contributed by atoms with Gasteiger partial charge in [0, 0.05) is 6.04 Å².